The van der Waals surface area contributed by atoms with Crippen LogP contribution >= 0.6 is 7.92 Å². The lowest BCUT2D eigenvalue weighted by molar-refractivity contribution is -0.137. The van der Waals surface area contributed by atoms with Crippen LogP contribution in [0.4, 0.5) is 0 Å². The minimum atomic E-state index is -0.679. The van der Waals surface area contributed by atoms with Gasteiger partial charge in [0.05, 0.1) is 6.42 Å². The summed E-state index contributed by atoms with van der Waals surface area (Å²) in [5.41, 5.74) is 1.07. The molecule has 1 heterocycles. The molecule has 4 heteroatoms. The maximum Gasteiger partial charge on any atom is 0.245 e. The Balaban J connectivity index is 2.12. The van der Waals surface area contributed by atoms with Gasteiger partial charge in [-0.1, -0.05) is 60.7 Å². The molecule has 3 nitrogen and oxygen atoms in total. The first-order valence-electron chi connectivity index (χ1n) is 7.70. The molecule has 0 fully saturated rings. The van der Waals surface area contributed by atoms with Crippen LogP contribution < -0.4 is 10.6 Å². The molecule has 2 aromatic rings. The Morgan fingerprint density at radius 2 is 1.39 bits per heavy atom. The number of hydrogen-bond donors (Lipinski definition) is 0. The van der Waals surface area contributed by atoms with Gasteiger partial charge in [-0.25, -0.2) is 10.0 Å². The summed E-state index contributed by atoms with van der Waals surface area (Å²) >= 11 is 0. The molecule has 1 amide bonds. The van der Waals surface area contributed by atoms with Crippen LogP contribution in [0.15, 0.2) is 71.7 Å². The van der Waals surface area contributed by atoms with E-state index < -0.39 is 7.92 Å². The monoisotopic (exact) mass is 324 g/mol. The summed E-state index contributed by atoms with van der Waals surface area (Å²) in [5.74, 6) is 0.155. The molecule has 23 heavy (non-hydrogen) atoms. The predicted octanol–water partition coefficient (Wildman–Crippen LogP) is 3.06. The van der Waals surface area contributed by atoms with E-state index in [1.54, 1.807) is 5.01 Å². The first-order chi connectivity index (χ1) is 11.1. The fourth-order valence-corrected chi connectivity index (χ4v) is 5.61. The molecule has 0 bridgehead atoms. The van der Waals surface area contributed by atoms with Crippen molar-refractivity contribution in [1.29, 1.82) is 0 Å². The minimum Gasteiger partial charge on any atom is -0.273 e. The normalized spacial score (nSPS) is 15.2. The van der Waals surface area contributed by atoms with Crippen LogP contribution in [0, 0.1) is 0 Å². The molecule has 3 rings (SSSR count). The lowest BCUT2D eigenvalue weighted by Crippen LogP contribution is -2.37. The molecule has 0 atom stereocenters. The van der Waals surface area contributed by atoms with E-state index in [0.717, 1.165) is 5.70 Å². The Kier molecular flexibility index (Phi) is 4.61. The smallest absolute Gasteiger partial charge is 0.245 e. The predicted molar refractivity (Wildman–Crippen MR) is 96.9 cm³/mol. The summed E-state index contributed by atoms with van der Waals surface area (Å²) in [6.45, 7) is 2.06. The molecule has 118 valence electrons. The molecule has 1 aliphatic heterocycles. The zero-order valence-corrected chi connectivity index (χ0v) is 14.6. The molecular formula is C19H21N2OP. The largest absolute Gasteiger partial charge is 0.273 e. The third kappa shape index (κ3) is 3.08. The van der Waals surface area contributed by atoms with Crippen LogP contribution in [0.25, 0.3) is 0 Å². The molecular weight excluding hydrogens is 303 g/mol. The molecule has 2 aromatic carbocycles. The average molecular weight is 324 g/mol. The maximum absolute atomic E-state index is 12.5. The molecule has 0 saturated heterocycles. The number of allylic oxidation sites excluding steroid dienone is 1. The van der Waals surface area contributed by atoms with E-state index in [1.807, 2.05) is 31.2 Å². The summed E-state index contributed by atoms with van der Waals surface area (Å²) < 4.78 is 0. The third-order valence-corrected chi connectivity index (χ3v) is 6.64. The molecule has 0 N–H and O–H groups in total. The van der Waals surface area contributed by atoms with Gasteiger partial charge in [0.2, 0.25) is 5.91 Å². The van der Waals surface area contributed by atoms with Crippen molar-refractivity contribution in [2.45, 2.75) is 13.3 Å². The molecule has 0 unspecified atom stereocenters. The van der Waals surface area contributed by atoms with Crippen LogP contribution in [-0.2, 0) is 4.79 Å². The molecule has 0 radical (unpaired) electrons. The van der Waals surface area contributed by atoms with Crippen molar-refractivity contribution in [1.82, 2.24) is 10.0 Å². The van der Waals surface area contributed by atoms with Crippen molar-refractivity contribution in [3.63, 3.8) is 0 Å². The van der Waals surface area contributed by atoms with Gasteiger partial charge in [-0.15, -0.1) is 0 Å². The standard InChI is InChI=1S/C19H21N2OP/c1-15-18(14-19(22)21(15)20(2)3)23(16-10-6-4-7-11-16)17-12-8-5-9-13-17/h4-13H,14H2,1-3H3. The van der Waals surface area contributed by atoms with Crippen LogP contribution in [0.5, 0.6) is 0 Å². The maximum atomic E-state index is 12.5. The van der Waals surface area contributed by atoms with Crippen molar-refractivity contribution in [2.75, 3.05) is 14.1 Å². The number of rotatable bonds is 4. The second-order valence-corrected chi connectivity index (χ2v) is 8.01. The van der Waals surface area contributed by atoms with Gasteiger partial charge in [-0.05, 0) is 30.8 Å². The lowest BCUT2D eigenvalue weighted by Gasteiger charge is -2.26. The topological polar surface area (TPSA) is 23.6 Å². The molecule has 0 aliphatic carbocycles. The van der Waals surface area contributed by atoms with E-state index in [0.29, 0.717) is 6.42 Å². The van der Waals surface area contributed by atoms with Crippen LogP contribution in [0.1, 0.15) is 13.3 Å². The summed E-state index contributed by atoms with van der Waals surface area (Å²) in [4.78, 5) is 12.5. The Labute approximate surface area is 138 Å². The number of amides is 1. The number of benzene rings is 2. The lowest BCUT2D eigenvalue weighted by atomic mass is 10.4. The SMILES string of the molecule is CC1=C(P(c2ccccc2)c2ccccc2)CC(=O)N1N(C)C. The highest BCUT2D eigenvalue weighted by Gasteiger charge is 2.34. The molecule has 0 aromatic heterocycles. The fraction of sp³-hybridized carbons (Fsp3) is 0.211. The van der Waals surface area contributed by atoms with Crippen molar-refractivity contribution in [3.05, 3.63) is 71.7 Å². The summed E-state index contributed by atoms with van der Waals surface area (Å²) in [7, 11) is 3.15. The van der Waals surface area contributed by atoms with Gasteiger partial charge in [0.25, 0.3) is 0 Å². The van der Waals surface area contributed by atoms with Crippen LogP contribution in [0.2, 0.25) is 0 Å². The van der Waals surface area contributed by atoms with Gasteiger partial charge < -0.3 is 0 Å². The van der Waals surface area contributed by atoms with Gasteiger partial charge in [-0.3, -0.25) is 4.79 Å². The van der Waals surface area contributed by atoms with Gasteiger partial charge >= 0.3 is 0 Å². The van der Waals surface area contributed by atoms with Crippen molar-refractivity contribution >= 4 is 24.4 Å². The first kappa shape index (κ1) is 15.9. The quantitative estimate of drug-likeness (QED) is 0.807. The fourth-order valence-electron chi connectivity index (χ4n) is 3.03. The average Bonchev–Trinajstić information content (AvgIpc) is 2.84. The molecule has 0 spiro atoms. The Morgan fingerprint density at radius 3 is 1.78 bits per heavy atom. The van der Waals surface area contributed by atoms with E-state index in [9.17, 15) is 4.79 Å². The minimum absolute atomic E-state index is 0.155. The number of carbonyl (C=O) groups is 1. The Hall–Kier alpha value is -1.96. The van der Waals surface area contributed by atoms with Crippen molar-refractivity contribution in [2.24, 2.45) is 0 Å². The van der Waals surface area contributed by atoms with E-state index in [4.69, 9.17) is 0 Å². The molecule has 1 aliphatic rings. The number of nitrogens with zero attached hydrogens (tertiary/aromatic N) is 2. The number of carbonyl (C=O) groups excluding carboxylic acids is 1. The van der Waals surface area contributed by atoms with E-state index in [-0.39, 0.29) is 5.91 Å². The van der Waals surface area contributed by atoms with E-state index in [2.05, 4.69) is 55.5 Å². The highest BCUT2D eigenvalue weighted by atomic mass is 31.1. The van der Waals surface area contributed by atoms with Crippen LogP contribution in [-0.4, -0.2) is 30.0 Å². The summed E-state index contributed by atoms with van der Waals surface area (Å²) in [6, 6.07) is 21.0. The highest BCUT2D eigenvalue weighted by Crippen LogP contribution is 2.49. The second kappa shape index (κ2) is 6.66. The third-order valence-electron chi connectivity index (χ3n) is 3.99. The number of hydrogen-bond acceptors (Lipinski definition) is 2. The highest BCUT2D eigenvalue weighted by molar-refractivity contribution is 7.76. The van der Waals surface area contributed by atoms with E-state index >= 15 is 0 Å². The van der Waals surface area contributed by atoms with Gasteiger partial charge in [0.1, 0.15) is 0 Å². The summed E-state index contributed by atoms with van der Waals surface area (Å²) in [6.07, 6.45) is 0.500. The first-order valence-corrected chi connectivity index (χ1v) is 9.04. The Morgan fingerprint density at radius 1 is 0.913 bits per heavy atom. The molecule has 0 saturated carbocycles. The van der Waals surface area contributed by atoms with Gasteiger partial charge in [0.15, 0.2) is 0 Å². The Bertz CT molecular complexity index is 686. The number of hydrazine groups is 1. The zero-order chi connectivity index (χ0) is 16.4. The van der Waals surface area contributed by atoms with E-state index in [1.165, 1.54) is 15.9 Å². The van der Waals surface area contributed by atoms with Gasteiger partial charge in [0, 0.05) is 19.8 Å². The van der Waals surface area contributed by atoms with Crippen molar-refractivity contribution < 1.29 is 4.79 Å². The van der Waals surface area contributed by atoms with Crippen LogP contribution in [0.3, 0.4) is 0 Å². The second-order valence-electron chi connectivity index (χ2n) is 5.77. The zero-order valence-electron chi connectivity index (χ0n) is 13.7. The van der Waals surface area contributed by atoms with Gasteiger partial charge in [-0.2, -0.15) is 0 Å². The van der Waals surface area contributed by atoms with Crippen molar-refractivity contribution in [3.8, 4) is 0 Å². The summed E-state index contributed by atoms with van der Waals surface area (Å²) in [5, 5.41) is 7.48.